The summed E-state index contributed by atoms with van der Waals surface area (Å²) in [7, 11) is 1.55. The number of hydrogen-bond acceptors (Lipinski definition) is 9. The lowest BCUT2D eigenvalue weighted by Crippen LogP contribution is -2.39. The number of carbonyl (C=O) groups excluding carboxylic acids is 3. The van der Waals surface area contributed by atoms with Crippen LogP contribution in [0.4, 0.5) is 5.69 Å². The van der Waals surface area contributed by atoms with Crippen LogP contribution in [-0.4, -0.2) is 59.6 Å². The summed E-state index contributed by atoms with van der Waals surface area (Å²) in [4.78, 5) is 40.1. The number of thiol groups is 1. The molecule has 194 valence electrons. The summed E-state index contributed by atoms with van der Waals surface area (Å²) < 4.78 is 16.3. The molecule has 1 aliphatic rings. The summed E-state index contributed by atoms with van der Waals surface area (Å²) >= 11 is 3.62. The Morgan fingerprint density at radius 3 is 2.32 bits per heavy atom. The Kier molecular flexibility index (Phi) is 7.55. The first-order chi connectivity index (χ1) is 17.7. The monoisotopic (exact) mass is 525 g/mol. The summed E-state index contributed by atoms with van der Waals surface area (Å²) in [5.41, 5.74) is 1.73. The molecule has 0 aliphatic carbocycles. The number of methoxy groups -OCH3 is 1. The van der Waals surface area contributed by atoms with E-state index >= 15 is 0 Å². The number of ether oxygens (including phenoxy) is 2. The first kappa shape index (κ1) is 26.2. The van der Waals surface area contributed by atoms with Crippen molar-refractivity contribution in [2.45, 2.75) is 25.7 Å². The van der Waals surface area contributed by atoms with E-state index in [0.717, 1.165) is 0 Å². The molecule has 0 saturated heterocycles. The van der Waals surface area contributed by atoms with Gasteiger partial charge in [-0.2, -0.15) is 5.10 Å². The molecule has 0 spiro atoms. The number of amides is 1. The second kappa shape index (κ2) is 10.7. The maximum absolute atomic E-state index is 13.7. The molecule has 3 aromatic rings. The molecule has 2 heterocycles. The first-order valence-corrected chi connectivity index (χ1v) is 11.9. The molecule has 37 heavy (non-hydrogen) atoms. The molecule has 1 aromatic heterocycles. The van der Waals surface area contributed by atoms with E-state index in [0.29, 0.717) is 41.2 Å². The number of carbonyl (C=O) groups is 3. The van der Waals surface area contributed by atoms with Crippen LogP contribution >= 0.6 is 12.9 Å². The van der Waals surface area contributed by atoms with Gasteiger partial charge >= 0.3 is 11.9 Å². The van der Waals surface area contributed by atoms with Crippen molar-refractivity contribution in [2.75, 3.05) is 31.8 Å². The van der Waals surface area contributed by atoms with Crippen molar-refractivity contribution in [1.82, 2.24) is 9.78 Å². The quantitative estimate of drug-likeness (QED) is 0.262. The predicted octanol–water partition coefficient (Wildman–Crippen LogP) is 2.90. The lowest BCUT2D eigenvalue weighted by atomic mass is 9.84. The van der Waals surface area contributed by atoms with Crippen molar-refractivity contribution in [3.63, 3.8) is 0 Å². The lowest BCUT2D eigenvalue weighted by molar-refractivity contribution is -0.150. The fourth-order valence-electron chi connectivity index (χ4n) is 4.22. The molecule has 2 aromatic carbocycles. The molecule has 1 amide bonds. The van der Waals surface area contributed by atoms with Gasteiger partial charge in [0, 0.05) is 30.7 Å². The maximum Gasteiger partial charge on any atom is 0.370 e. The topological polar surface area (TPSA) is 120 Å². The van der Waals surface area contributed by atoms with Crippen LogP contribution in [0.15, 0.2) is 48.5 Å². The lowest BCUT2D eigenvalue weighted by Gasteiger charge is -2.29. The molecular formula is C26H27N3O7S. The van der Waals surface area contributed by atoms with Gasteiger partial charge in [-0.25, -0.2) is 9.48 Å². The molecule has 0 bridgehead atoms. The van der Waals surface area contributed by atoms with Crippen molar-refractivity contribution < 1.29 is 33.1 Å². The van der Waals surface area contributed by atoms with E-state index in [1.807, 2.05) is 0 Å². The van der Waals surface area contributed by atoms with E-state index in [1.54, 1.807) is 74.4 Å². The third-order valence-corrected chi connectivity index (χ3v) is 6.51. The van der Waals surface area contributed by atoms with Crippen molar-refractivity contribution >= 4 is 36.4 Å². The number of esters is 1. The fraction of sp³-hybridized carbons (Fsp3) is 0.308. The Morgan fingerprint density at radius 2 is 1.73 bits per heavy atom. The smallest absolute Gasteiger partial charge is 0.370 e. The minimum atomic E-state index is -0.943. The van der Waals surface area contributed by atoms with Crippen LogP contribution in [0.2, 0.25) is 0 Å². The summed E-state index contributed by atoms with van der Waals surface area (Å²) in [5.74, 6) is -0.902. The molecule has 0 saturated carbocycles. The Bertz CT molecular complexity index is 1320. The minimum absolute atomic E-state index is 0.0345. The normalized spacial score (nSPS) is 13.2. The molecule has 0 unspecified atom stereocenters. The number of aliphatic hydroxyl groups is 1. The number of anilines is 1. The largest absolute Gasteiger partial charge is 0.497 e. The fourth-order valence-corrected chi connectivity index (χ4v) is 4.30. The highest BCUT2D eigenvalue weighted by molar-refractivity contribution is 7.75. The van der Waals surface area contributed by atoms with Crippen LogP contribution < -0.4 is 9.64 Å². The van der Waals surface area contributed by atoms with E-state index < -0.39 is 17.4 Å². The van der Waals surface area contributed by atoms with Gasteiger partial charge in [0.25, 0.3) is 5.91 Å². The predicted molar refractivity (Wildman–Crippen MR) is 137 cm³/mol. The molecule has 1 N–H and O–H groups in total. The highest BCUT2D eigenvalue weighted by Gasteiger charge is 2.36. The van der Waals surface area contributed by atoms with E-state index in [2.05, 4.69) is 22.2 Å². The second-order valence-corrected chi connectivity index (χ2v) is 9.09. The average molecular weight is 526 g/mol. The minimum Gasteiger partial charge on any atom is -0.497 e. The third-order valence-electron chi connectivity index (χ3n) is 6.35. The molecule has 0 radical (unpaired) electrons. The van der Waals surface area contributed by atoms with Gasteiger partial charge in [-0.15, -0.1) is 0 Å². The number of benzene rings is 2. The van der Waals surface area contributed by atoms with Crippen molar-refractivity contribution in [2.24, 2.45) is 0 Å². The average Bonchev–Trinajstić information content (AvgIpc) is 3.32. The van der Waals surface area contributed by atoms with E-state index in [9.17, 15) is 14.4 Å². The van der Waals surface area contributed by atoms with Gasteiger partial charge in [0.15, 0.2) is 5.69 Å². The Labute approximate surface area is 219 Å². The zero-order valence-electron chi connectivity index (χ0n) is 20.6. The van der Waals surface area contributed by atoms with Gasteiger partial charge in [-0.1, -0.05) is 12.1 Å². The van der Waals surface area contributed by atoms with Crippen LogP contribution in [0.1, 0.15) is 46.0 Å². The first-order valence-electron chi connectivity index (χ1n) is 11.6. The van der Waals surface area contributed by atoms with Crippen LogP contribution in [0.3, 0.4) is 0 Å². The Hall–Kier alpha value is -3.83. The third kappa shape index (κ3) is 4.92. The molecule has 10 nitrogen and oxygen atoms in total. The molecular weight excluding hydrogens is 498 g/mol. The van der Waals surface area contributed by atoms with Gasteiger partial charge in [0.1, 0.15) is 18.1 Å². The highest BCUT2D eigenvalue weighted by Crippen LogP contribution is 2.32. The standard InChI is InChI=1S/C26H27N3O7S/c1-26(2,25(33)35-15-14-30)16-4-6-17(7-5-16)28-13-12-20-21(24(32)36-37)27-29(22(20)23(28)31)18-8-10-19(34-3)11-9-18/h4-11,30,37H,12-15H2,1-3H3. The SMILES string of the molecule is COc1ccc(-n2nc(C(=O)OS)c3c2C(=O)N(c2ccc(C(C)(C)C(=O)OCCO)cc2)CC3)cc1. The van der Waals surface area contributed by atoms with Gasteiger partial charge < -0.3 is 23.7 Å². The van der Waals surface area contributed by atoms with Gasteiger partial charge in [-0.05, 0) is 62.2 Å². The summed E-state index contributed by atoms with van der Waals surface area (Å²) in [6.07, 6.45) is 0.371. The number of hydrogen-bond donors (Lipinski definition) is 2. The molecule has 1 aliphatic heterocycles. The van der Waals surface area contributed by atoms with Crippen molar-refractivity contribution in [3.05, 3.63) is 71.0 Å². The molecule has 11 heteroatoms. The van der Waals surface area contributed by atoms with E-state index in [-0.39, 0.29) is 30.5 Å². The summed E-state index contributed by atoms with van der Waals surface area (Å²) in [6.45, 7) is 3.45. The molecule has 0 fully saturated rings. The van der Waals surface area contributed by atoms with Crippen LogP contribution in [0.25, 0.3) is 5.69 Å². The number of aliphatic hydroxyl groups excluding tert-OH is 1. The number of aromatic nitrogens is 2. The van der Waals surface area contributed by atoms with Crippen LogP contribution in [0.5, 0.6) is 5.75 Å². The van der Waals surface area contributed by atoms with Crippen molar-refractivity contribution in [3.8, 4) is 11.4 Å². The van der Waals surface area contributed by atoms with Crippen LogP contribution in [-0.2, 0) is 25.6 Å². The van der Waals surface area contributed by atoms with Crippen molar-refractivity contribution in [1.29, 1.82) is 0 Å². The zero-order valence-corrected chi connectivity index (χ0v) is 21.5. The summed E-state index contributed by atoms with van der Waals surface area (Å²) in [5, 5.41) is 13.3. The van der Waals surface area contributed by atoms with Gasteiger partial charge in [-0.3, -0.25) is 9.59 Å². The van der Waals surface area contributed by atoms with E-state index in [1.165, 1.54) is 4.68 Å². The number of rotatable bonds is 8. The molecule has 4 rings (SSSR count). The van der Waals surface area contributed by atoms with E-state index in [4.69, 9.17) is 14.6 Å². The second-order valence-electron chi connectivity index (χ2n) is 8.90. The summed E-state index contributed by atoms with van der Waals surface area (Å²) in [6, 6.07) is 14.0. The molecule has 0 atom stereocenters. The Morgan fingerprint density at radius 1 is 1.08 bits per heavy atom. The number of fused-ring (bicyclic) bond motifs is 1. The maximum atomic E-state index is 13.7. The Balaban J connectivity index is 1.68. The van der Waals surface area contributed by atoms with Gasteiger partial charge in [0.2, 0.25) is 0 Å². The number of nitrogens with zero attached hydrogens (tertiary/aromatic N) is 3. The zero-order chi connectivity index (χ0) is 26.7. The van der Waals surface area contributed by atoms with Crippen LogP contribution in [0, 0.1) is 0 Å². The van der Waals surface area contributed by atoms with Gasteiger partial charge in [0.05, 0.1) is 24.8 Å². The highest BCUT2D eigenvalue weighted by atomic mass is 32.1.